The molecule has 6 heterocycles. The molecule has 0 radical (unpaired) electrons. The van der Waals surface area contributed by atoms with Gasteiger partial charge in [0.1, 0.15) is 28.2 Å². The first-order valence-electron chi connectivity index (χ1n) is 18.6. The number of ether oxygens (including phenoxy) is 3. The van der Waals surface area contributed by atoms with Crippen LogP contribution in [-0.4, -0.2) is 86.3 Å². The molecule has 20 nitrogen and oxygen atoms in total. The Morgan fingerprint density at radius 2 is 1.20 bits per heavy atom. The molecule has 0 fully saturated rings. The van der Waals surface area contributed by atoms with Gasteiger partial charge >= 0.3 is 19.3 Å². The second kappa shape index (κ2) is 18.8. The van der Waals surface area contributed by atoms with E-state index in [4.69, 9.17) is 33.7 Å². The van der Waals surface area contributed by atoms with Crippen molar-refractivity contribution < 1.29 is 46.2 Å². The van der Waals surface area contributed by atoms with E-state index in [9.17, 15) is 31.9 Å². The van der Waals surface area contributed by atoms with Gasteiger partial charge in [-0.3, -0.25) is 25.1 Å². The predicted molar refractivity (Wildman–Crippen MR) is 227 cm³/mol. The summed E-state index contributed by atoms with van der Waals surface area (Å²) in [4.78, 5) is 46.8. The summed E-state index contributed by atoms with van der Waals surface area (Å²) in [7, 11) is 0. The predicted octanol–water partition coefficient (Wildman–Crippen LogP) is 8.18. The summed E-state index contributed by atoms with van der Waals surface area (Å²) in [5.74, 6) is -1.75. The van der Waals surface area contributed by atoms with Crippen molar-refractivity contribution in [1.82, 2.24) is 49.6 Å². The van der Waals surface area contributed by atoms with Gasteiger partial charge in [0.15, 0.2) is 22.9 Å². The largest absolute Gasteiger partial charge is 0.444 e. The number of carbonyl (C=O) groups excluding carboxylic acids is 3. The fourth-order valence-electron chi connectivity index (χ4n) is 6.04. The number of hydrogen-bond acceptors (Lipinski definition) is 13. The van der Waals surface area contributed by atoms with Crippen molar-refractivity contribution in [3.63, 3.8) is 0 Å². The normalized spacial score (nSPS) is 11.4. The van der Waals surface area contributed by atoms with Crippen LogP contribution in [0.1, 0.15) is 41.5 Å². The zero-order valence-corrected chi connectivity index (χ0v) is 35.1. The average Bonchev–Trinajstić information content (AvgIpc) is 4.03. The first-order valence-corrected chi connectivity index (χ1v) is 19.3. The van der Waals surface area contributed by atoms with Crippen LogP contribution in [0.2, 0.25) is 10.0 Å². The van der Waals surface area contributed by atoms with E-state index in [1.807, 2.05) is 0 Å². The maximum atomic E-state index is 13.4. The summed E-state index contributed by atoms with van der Waals surface area (Å²) >= 11 is 12.0. The highest BCUT2D eigenvalue weighted by molar-refractivity contribution is 6.31. The number of rotatable bonds is 11. The Bertz CT molecular complexity index is 3040. The summed E-state index contributed by atoms with van der Waals surface area (Å²) in [6.07, 6.45) is 7.86. The third-order valence-electron chi connectivity index (χ3n) is 8.52. The molecule has 0 bridgehead atoms. The lowest BCUT2D eigenvalue weighted by Gasteiger charge is -2.19. The zero-order valence-electron chi connectivity index (χ0n) is 33.6. The second-order valence-electron chi connectivity index (χ2n) is 14.2. The van der Waals surface area contributed by atoms with Crippen LogP contribution in [-0.2, 0) is 4.74 Å². The van der Waals surface area contributed by atoms with Crippen molar-refractivity contribution in [2.24, 2.45) is 0 Å². The summed E-state index contributed by atoms with van der Waals surface area (Å²) in [5.41, 5.74) is 6.51. The van der Waals surface area contributed by atoms with Gasteiger partial charge in [0.25, 0.3) is 11.8 Å². The molecule has 0 saturated heterocycles. The maximum absolute atomic E-state index is 13.4. The Morgan fingerprint density at radius 3 is 1.69 bits per heavy atom. The number of amides is 3. The van der Waals surface area contributed by atoms with E-state index in [1.165, 1.54) is 70.2 Å². The molecule has 65 heavy (non-hydrogen) atoms. The number of aromatic amines is 2. The first-order chi connectivity index (χ1) is 30.9. The Hall–Kier alpha value is -7.99. The number of alkyl halides is 4. The molecule has 8 aromatic rings. The topological polar surface area (TPSA) is 259 Å². The minimum atomic E-state index is -3.09. The lowest BCUT2D eigenvalue weighted by atomic mass is 10.1. The highest BCUT2D eigenvalue weighted by atomic mass is 35.5. The number of aromatic nitrogens is 10. The van der Waals surface area contributed by atoms with Gasteiger partial charge in [0.05, 0.1) is 35.2 Å². The van der Waals surface area contributed by atoms with Crippen LogP contribution in [0, 0.1) is 0 Å². The van der Waals surface area contributed by atoms with E-state index in [2.05, 4.69) is 66.0 Å². The fourth-order valence-corrected chi connectivity index (χ4v) is 6.38. The van der Waals surface area contributed by atoms with Crippen LogP contribution in [0.4, 0.5) is 45.4 Å². The van der Waals surface area contributed by atoms with Crippen LogP contribution in [0.25, 0.3) is 33.8 Å². The van der Waals surface area contributed by atoms with E-state index in [1.54, 1.807) is 45.3 Å². The van der Waals surface area contributed by atoms with Gasteiger partial charge in [-0.1, -0.05) is 23.2 Å². The third-order valence-corrected chi connectivity index (χ3v) is 8.99. The van der Waals surface area contributed by atoms with Crippen LogP contribution < -0.4 is 31.2 Å². The number of H-pyrrole nitrogens is 2. The number of fused-ring (bicyclic) bond motifs is 2. The number of carbonyl (C=O) groups is 3. The maximum Gasteiger partial charge on any atom is 0.413 e. The Balaban J connectivity index is 0.000000198. The molecule has 0 atom stereocenters. The average molecular weight is 940 g/mol. The Kier molecular flexibility index (Phi) is 13.0. The molecule has 26 heteroatoms. The second-order valence-corrected chi connectivity index (χ2v) is 15.0. The van der Waals surface area contributed by atoms with Crippen molar-refractivity contribution in [3.8, 4) is 34.0 Å². The number of hydrogen-bond donors (Lipinski definition) is 6. The van der Waals surface area contributed by atoms with Gasteiger partial charge in [-0.15, -0.1) is 10.2 Å². The van der Waals surface area contributed by atoms with Crippen LogP contribution >= 0.6 is 23.2 Å². The molecule has 8 rings (SSSR count). The fraction of sp³-hybridized carbons (Fsp3) is 0.154. The van der Waals surface area contributed by atoms with Crippen molar-refractivity contribution in [2.75, 3.05) is 21.7 Å². The van der Waals surface area contributed by atoms with Crippen LogP contribution in [0.15, 0.2) is 85.7 Å². The van der Waals surface area contributed by atoms with Crippen LogP contribution in [0.3, 0.4) is 0 Å². The number of nitrogens with one attached hydrogen (secondary N) is 5. The molecular formula is C39H32Cl2F4N14O6. The van der Waals surface area contributed by atoms with E-state index < -0.39 is 36.7 Å². The van der Waals surface area contributed by atoms with E-state index in [0.29, 0.717) is 0 Å². The lowest BCUT2D eigenvalue weighted by molar-refractivity contribution is -0.0501. The molecule has 0 aliphatic carbocycles. The SMILES string of the molecule is CC(C)(C)OC(=O)Nc1nn2cccnc2c1C(=O)Nc1cn[nH]c1-c1cc(Cl)ccc1OC(F)F.Nc1nn2cccnc2c1C(=O)Nc1cn[nH]c1-c1cc(Cl)ccc1OC(F)F. The molecule has 0 saturated carbocycles. The number of nitrogens with two attached hydrogens (primary N) is 1. The zero-order chi connectivity index (χ0) is 46.6. The van der Waals surface area contributed by atoms with Crippen molar-refractivity contribution in [2.45, 2.75) is 39.6 Å². The third kappa shape index (κ3) is 10.5. The lowest BCUT2D eigenvalue weighted by Crippen LogP contribution is -2.28. The monoisotopic (exact) mass is 938 g/mol. The van der Waals surface area contributed by atoms with E-state index >= 15 is 0 Å². The van der Waals surface area contributed by atoms with Gasteiger partial charge in [-0.25, -0.2) is 23.8 Å². The smallest absolute Gasteiger partial charge is 0.413 e. The highest BCUT2D eigenvalue weighted by Crippen LogP contribution is 2.38. The standard InChI is InChI=1S/C22H20ClF2N7O4.C17H12ClF2N7O2/c1-22(2,3)36-21(34)29-17-15(18-26-7-4-8-32(18)31-17)19(33)28-13-10-27-30-16(13)12-9-11(23)5-6-14(12)35-20(24)25;18-8-2-3-11(29-17(19)20)9(6-8)13-10(7-23-25-13)24-16(28)12-14(21)26-27-5-1-4-22-15(12)27/h4-10,20H,1-3H3,(H,27,30)(H,28,33)(H,29,31,34);1-7,17H,(H2,21,26)(H,23,25)(H,24,28). The number of halogens is 6. The van der Waals surface area contributed by atoms with E-state index in [-0.39, 0.29) is 89.5 Å². The molecule has 0 aliphatic heterocycles. The summed E-state index contributed by atoms with van der Waals surface area (Å²) in [6, 6.07) is 11.4. The minimum absolute atomic E-state index is 0.0178. The number of nitrogen functional groups attached to an aromatic ring is 1. The number of benzene rings is 2. The molecule has 0 aliphatic rings. The Morgan fingerprint density at radius 1 is 0.723 bits per heavy atom. The van der Waals surface area contributed by atoms with Gasteiger partial charge in [-0.05, 0) is 69.3 Å². The van der Waals surface area contributed by atoms with Gasteiger partial charge < -0.3 is 30.6 Å². The molecule has 2 aromatic carbocycles. The minimum Gasteiger partial charge on any atom is -0.444 e. The molecule has 7 N–H and O–H groups in total. The van der Waals surface area contributed by atoms with E-state index in [0.717, 1.165) is 0 Å². The highest BCUT2D eigenvalue weighted by Gasteiger charge is 2.27. The molecular weight excluding hydrogens is 907 g/mol. The number of anilines is 4. The van der Waals surface area contributed by atoms with Crippen molar-refractivity contribution >= 4 is 75.4 Å². The van der Waals surface area contributed by atoms with Crippen molar-refractivity contribution in [3.05, 3.63) is 107 Å². The summed E-state index contributed by atoms with van der Waals surface area (Å²) in [5, 5.41) is 29.6. The first kappa shape index (κ1) is 45.0. The molecule has 0 unspecified atom stereocenters. The quantitative estimate of drug-likeness (QED) is 0.0670. The molecule has 3 amide bonds. The molecule has 6 aromatic heterocycles. The number of nitrogens with zero attached hydrogens (tertiary/aromatic N) is 8. The van der Waals surface area contributed by atoms with Gasteiger partial charge in [-0.2, -0.15) is 27.8 Å². The summed E-state index contributed by atoms with van der Waals surface area (Å²) in [6.45, 7) is -1.06. The van der Waals surface area contributed by atoms with Crippen molar-refractivity contribution in [1.29, 1.82) is 0 Å². The van der Waals surface area contributed by atoms with Crippen LogP contribution in [0.5, 0.6) is 11.5 Å². The summed E-state index contributed by atoms with van der Waals surface area (Å²) < 4.78 is 68.4. The van der Waals surface area contributed by atoms with Gasteiger partial charge in [0, 0.05) is 46.0 Å². The van der Waals surface area contributed by atoms with Gasteiger partial charge in [0.2, 0.25) is 0 Å². The molecule has 0 spiro atoms. The molecule has 336 valence electrons. The Labute approximate surface area is 372 Å².